The summed E-state index contributed by atoms with van der Waals surface area (Å²) >= 11 is 1.85. The lowest BCUT2D eigenvalue weighted by molar-refractivity contribution is 0.267. The molecular formula is C14H23NS. The molecule has 2 unspecified atom stereocenters. The highest BCUT2D eigenvalue weighted by Gasteiger charge is 2.17. The van der Waals surface area contributed by atoms with Crippen molar-refractivity contribution in [2.75, 3.05) is 6.54 Å². The Morgan fingerprint density at radius 3 is 3.12 bits per heavy atom. The quantitative estimate of drug-likeness (QED) is 0.762. The van der Waals surface area contributed by atoms with Crippen molar-refractivity contribution in [3.63, 3.8) is 0 Å². The molecule has 0 spiro atoms. The monoisotopic (exact) mass is 237 g/mol. The van der Waals surface area contributed by atoms with Crippen LogP contribution in [0.4, 0.5) is 0 Å². The minimum Gasteiger partial charge on any atom is -0.312 e. The second kappa shape index (κ2) is 6.41. The van der Waals surface area contributed by atoms with Crippen LogP contribution in [0.1, 0.15) is 43.9 Å². The van der Waals surface area contributed by atoms with E-state index in [1.807, 2.05) is 11.3 Å². The molecule has 1 aliphatic rings. The highest BCUT2D eigenvalue weighted by Crippen LogP contribution is 2.30. The third-order valence-corrected chi connectivity index (χ3v) is 4.53. The summed E-state index contributed by atoms with van der Waals surface area (Å²) in [6.07, 6.45) is 7.21. The first-order valence-electron chi connectivity index (χ1n) is 6.57. The van der Waals surface area contributed by atoms with Crippen molar-refractivity contribution in [3.05, 3.63) is 22.4 Å². The van der Waals surface area contributed by atoms with Crippen molar-refractivity contribution in [1.82, 2.24) is 5.32 Å². The molecule has 0 bridgehead atoms. The van der Waals surface area contributed by atoms with Gasteiger partial charge in [0.2, 0.25) is 0 Å². The van der Waals surface area contributed by atoms with Gasteiger partial charge in [0.25, 0.3) is 0 Å². The van der Waals surface area contributed by atoms with Gasteiger partial charge in [-0.15, -0.1) is 11.3 Å². The van der Waals surface area contributed by atoms with Gasteiger partial charge in [-0.25, -0.2) is 0 Å². The van der Waals surface area contributed by atoms with E-state index in [0.717, 1.165) is 18.4 Å². The Bertz CT molecular complexity index is 281. The zero-order chi connectivity index (χ0) is 11.2. The molecule has 1 fully saturated rings. The van der Waals surface area contributed by atoms with Gasteiger partial charge in [0.1, 0.15) is 0 Å². The normalized spacial score (nSPS) is 25.8. The summed E-state index contributed by atoms with van der Waals surface area (Å²) in [7, 11) is 0. The van der Waals surface area contributed by atoms with Gasteiger partial charge in [0, 0.05) is 11.4 Å². The van der Waals surface area contributed by atoms with Crippen molar-refractivity contribution in [1.29, 1.82) is 0 Å². The molecule has 16 heavy (non-hydrogen) atoms. The Morgan fingerprint density at radius 1 is 1.44 bits per heavy atom. The largest absolute Gasteiger partial charge is 0.312 e. The van der Waals surface area contributed by atoms with Gasteiger partial charge in [-0.05, 0) is 42.7 Å². The highest BCUT2D eigenvalue weighted by molar-refractivity contribution is 7.09. The molecule has 2 rings (SSSR count). The Morgan fingerprint density at radius 2 is 2.38 bits per heavy atom. The van der Waals surface area contributed by atoms with Gasteiger partial charge >= 0.3 is 0 Å². The lowest BCUT2D eigenvalue weighted by Gasteiger charge is -2.26. The Hall–Kier alpha value is -0.340. The van der Waals surface area contributed by atoms with Gasteiger partial charge < -0.3 is 5.32 Å². The molecule has 1 heterocycles. The summed E-state index contributed by atoms with van der Waals surface area (Å²) in [5.74, 6) is 1.95. The summed E-state index contributed by atoms with van der Waals surface area (Å²) in [6, 6.07) is 4.34. The SMILES string of the molecule is CC1CCCC(CCNCc2cccs2)C1. The van der Waals surface area contributed by atoms with E-state index in [2.05, 4.69) is 29.8 Å². The highest BCUT2D eigenvalue weighted by atomic mass is 32.1. The lowest BCUT2D eigenvalue weighted by atomic mass is 9.81. The number of hydrogen-bond acceptors (Lipinski definition) is 2. The summed E-state index contributed by atoms with van der Waals surface area (Å²) in [5.41, 5.74) is 0. The molecule has 2 atom stereocenters. The molecule has 1 saturated carbocycles. The summed E-state index contributed by atoms with van der Waals surface area (Å²) in [4.78, 5) is 1.46. The Labute approximate surface area is 103 Å². The summed E-state index contributed by atoms with van der Waals surface area (Å²) in [6.45, 7) is 4.65. The summed E-state index contributed by atoms with van der Waals surface area (Å²) in [5, 5.41) is 5.71. The molecule has 0 saturated heterocycles. The van der Waals surface area contributed by atoms with Gasteiger partial charge in [-0.3, -0.25) is 0 Å². The maximum Gasteiger partial charge on any atom is 0.0299 e. The summed E-state index contributed by atoms with van der Waals surface area (Å²) < 4.78 is 0. The van der Waals surface area contributed by atoms with Gasteiger partial charge in [-0.1, -0.05) is 32.3 Å². The molecule has 2 heteroatoms. The van der Waals surface area contributed by atoms with Gasteiger partial charge in [0.05, 0.1) is 0 Å². The predicted molar refractivity (Wildman–Crippen MR) is 71.8 cm³/mol. The zero-order valence-corrected chi connectivity index (χ0v) is 11.1. The van der Waals surface area contributed by atoms with E-state index in [1.165, 1.54) is 43.5 Å². The zero-order valence-electron chi connectivity index (χ0n) is 10.2. The van der Waals surface area contributed by atoms with Crippen LogP contribution >= 0.6 is 11.3 Å². The maximum atomic E-state index is 3.56. The Balaban J connectivity index is 1.57. The Kier molecular flexibility index (Phi) is 4.86. The van der Waals surface area contributed by atoms with Crippen LogP contribution in [0.2, 0.25) is 0 Å². The maximum absolute atomic E-state index is 3.56. The molecule has 1 nitrogen and oxygen atoms in total. The van der Waals surface area contributed by atoms with E-state index in [4.69, 9.17) is 0 Å². The van der Waals surface area contributed by atoms with Gasteiger partial charge in [-0.2, -0.15) is 0 Å². The van der Waals surface area contributed by atoms with Crippen molar-refractivity contribution in [2.24, 2.45) is 11.8 Å². The van der Waals surface area contributed by atoms with E-state index in [0.29, 0.717) is 0 Å². The molecule has 0 amide bonds. The first kappa shape index (κ1) is 12.1. The average Bonchev–Trinajstić information content (AvgIpc) is 2.77. The van der Waals surface area contributed by atoms with Crippen LogP contribution in [0, 0.1) is 11.8 Å². The fourth-order valence-electron chi connectivity index (χ4n) is 2.75. The fourth-order valence-corrected chi connectivity index (χ4v) is 3.43. The van der Waals surface area contributed by atoms with Crippen LogP contribution < -0.4 is 5.32 Å². The smallest absolute Gasteiger partial charge is 0.0299 e. The number of nitrogens with one attached hydrogen (secondary N) is 1. The molecule has 1 aliphatic carbocycles. The van der Waals surface area contributed by atoms with Crippen molar-refractivity contribution < 1.29 is 0 Å². The second-order valence-electron chi connectivity index (χ2n) is 5.18. The van der Waals surface area contributed by atoms with Crippen molar-refractivity contribution in [3.8, 4) is 0 Å². The van der Waals surface area contributed by atoms with Crippen LogP contribution in [-0.4, -0.2) is 6.54 Å². The first-order valence-corrected chi connectivity index (χ1v) is 7.45. The van der Waals surface area contributed by atoms with E-state index in [9.17, 15) is 0 Å². The fraction of sp³-hybridized carbons (Fsp3) is 0.714. The van der Waals surface area contributed by atoms with Crippen molar-refractivity contribution in [2.45, 2.75) is 45.6 Å². The topological polar surface area (TPSA) is 12.0 Å². The van der Waals surface area contributed by atoms with E-state index >= 15 is 0 Å². The second-order valence-corrected chi connectivity index (χ2v) is 6.21. The molecular weight excluding hydrogens is 214 g/mol. The van der Waals surface area contributed by atoms with Gasteiger partial charge in [0.15, 0.2) is 0 Å². The van der Waals surface area contributed by atoms with E-state index in [-0.39, 0.29) is 0 Å². The molecule has 0 radical (unpaired) electrons. The number of hydrogen-bond donors (Lipinski definition) is 1. The van der Waals surface area contributed by atoms with Crippen LogP contribution in [0.3, 0.4) is 0 Å². The molecule has 1 aromatic rings. The third-order valence-electron chi connectivity index (χ3n) is 3.65. The molecule has 90 valence electrons. The standard InChI is InChI=1S/C14H23NS/c1-12-4-2-5-13(10-12)7-8-15-11-14-6-3-9-16-14/h3,6,9,12-13,15H,2,4-5,7-8,10-11H2,1H3. The van der Waals surface area contributed by atoms with E-state index in [1.54, 1.807) is 0 Å². The van der Waals surface area contributed by atoms with Crippen LogP contribution in [0.5, 0.6) is 0 Å². The minimum atomic E-state index is 0.969. The lowest BCUT2D eigenvalue weighted by Crippen LogP contribution is -2.20. The minimum absolute atomic E-state index is 0.969. The number of rotatable bonds is 5. The van der Waals surface area contributed by atoms with Crippen LogP contribution in [-0.2, 0) is 6.54 Å². The first-order chi connectivity index (χ1) is 7.84. The third kappa shape index (κ3) is 3.91. The molecule has 0 aliphatic heterocycles. The van der Waals surface area contributed by atoms with Crippen molar-refractivity contribution >= 4 is 11.3 Å². The molecule has 1 N–H and O–H groups in total. The molecule has 1 aromatic heterocycles. The average molecular weight is 237 g/mol. The van der Waals surface area contributed by atoms with Crippen LogP contribution in [0.15, 0.2) is 17.5 Å². The van der Waals surface area contributed by atoms with E-state index < -0.39 is 0 Å². The van der Waals surface area contributed by atoms with Crippen LogP contribution in [0.25, 0.3) is 0 Å². The molecule has 0 aromatic carbocycles. The number of thiophene rings is 1. The predicted octanol–water partition coefficient (Wildman–Crippen LogP) is 4.05.